The van der Waals surface area contributed by atoms with Gasteiger partial charge in [-0.05, 0) is 55.0 Å². The molecule has 0 saturated heterocycles. The fourth-order valence-electron chi connectivity index (χ4n) is 3.19. The van der Waals surface area contributed by atoms with Crippen molar-refractivity contribution >= 4 is 24.4 Å². The number of para-hydroxylation sites is 1. The lowest BCUT2D eigenvalue weighted by atomic mass is 10.1. The van der Waals surface area contributed by atoms with Gasteiger partial charge in [0.15, 0.2) is 11.5 Å². The second kappa shape index (κ2) is 18.3. The fourth-order valence-corrected chi connectivity index (χ4v) is 3.19. The molecule has 0 bridgehead atoms. The third-order valence-corrected chi connectivity index (χ3v) is 6.22. The van der Waals surface area contributed by atoms with E-state index in [9.17, 15) is 19.2 Å². The van der Waals surface area contributed by atoms with Gasteiger partial charge in [0.1, 0.15) is 24.5 Å². The monoisotopic (exact) mass is 603 g/mol. The van der Waals surface area contributed by atoms with E-state index >= 15 is 0 Å². The molecular formula is C31H41NO11. The third kappa shape index (κ3) is 13.5. The first-order chi connectivity index (χ1) is 20.5. The standard InChI is InChI=1S/C31H41NO11/c1-6-20(3)17-38-29(34)42-26-14-13-23(16-27(26)43-30(35)39-18-21(4)7-2)15-25(32)28(33)37-19-22(5)40-31(36)41-24-11-9-8-10-12-24/h8-14,16,20-22,25H,6-7,15,17-19,32H2,1-5H3/t20?,21?,22-,25-/m0/s1. The van der Waals surface area contributed by atoms with Crippen LogP contribution in [0.1, 0.15) is 53.0 Å². The summed E-state index contributed by atoms with van der Waals surface area (Å²) < 4.78 is 36.2. The van der Waals surface area contributed by atoms with Crippen LogP contribution in [-0.4, -0.2) is 56.4 Å². The van der Waals surface area contributed by atoms with E-state index in [0.29, 0.717) is 11.3 Å². The van der Waals surface area contributed by atoms with Crippen LogP contribution in [0.5, 0.6) is 17.2 Å². The van der Waals surface area contributed by atoms with E-state index in [1.165, 1.54) is 19.1 Å². The highest BCUT2D eigenvalue weighted by Crippen LogP contribution is 2.30. The number of hydrogen-bond acceptors (Lipinski definition) is 12. The fraction of sp³-hybridized carbons (Fsp3) is 0.484. The second-order valence-corrected chi connectivity index (χ2v) is 10.2. The summed E-state index contributed by atoms with van der Waals surface area (Å²) in [6, 6.07) is 11.6. The van der Waals surface area contributed by atoms with Crippen LogP contribution < -0.4 is 19.9 Å². The molecule has 2 unspecified atom stereocenters. The first-order valence-electron chi connectivity index (χ1n) is 14.2. The summed E-state index contributed by atoms with van der Waals surface area (Å²) in [5.41, 5.74) is 6.52. The SMILES string of the molecule is CCC(C)COC(=O)Oc1ccc(C[C@H](N)C(=O)OC[C@H](C)OC(=O)Oc2ccccc2)cc1OC(=O)OCC(C)CC. The van der Waals surface area contributed by atoms with Crippen molar-refractivity contribution in [3.63, 3.8) is 0 Å². The van der Waals surface area contributed by atoms with Crippen molar-refractivity contribution in [3.8, 4) is 17.2 Å². The van der Waals surface area contributed by atoms with E-state index in [4.69, 9.17) is 38.9 Å². The van der Waals surface area contributed by atoms with Gasteiger partial charge in [-0.3, -0.25) is 4.79 Å². The van der Waals surface area contributed by atoms with Gasteiger partial charge < -0.3 is 38.9 Å². The average Bonchev–Trinajstić information content (AvgIpc) is 2.98. The van der Waals surface area contributed by atoms with Crippen molar-refractivity contribution in [2.75, 3.05) is 19.8 Å². The first-order valence-corrected chi connectivity index (χ1v) is 14.2. The molecule has 2 rings (SSSR count). The Hall–Kier alpha value is -4.32. The normalized spacial score (nSPS) is 13.4. The van der Waals surface area contributed by atoms with E-state index in [0.717, 1.165) is 12.8 Å². The van der Waals surface area contributed by atoms with Crippen LogP contribution in [0.3, 0.4) is 0 Å². The highest BCUT2D eigenvalue weighted by atomic mass is 16.7. The highest BCUT2D eigenvalue weighted by Gasteiger charge is 2.22. The summed E-state index contributed by atoms with van der Waals surface area (Å²) in [5, 5.41) is 0. The van der Waals surface area contributed by atoms with E-state index in [1.807, 2.05) is 27.7 Å². The molecule has 2 N–H and O–H groups in total. The van der Waals surface area contributed by atoms with Crippen LogP contribution in [0, 0.1) is 11.8 Å². The summed E-state index contributed by atoms with van der Waals surface area (Å²) in [5.74, 6) is -0.382. The van der Waals surface area contributed by atoms with Crippen LogP contribution in [0.2, 0.25) is 0 Å². The Kier molecular flexibility index (Phi) is 14.8. The second-order valence-electron chi connectivity index (χ2n) is 10.2. The summed E-state index contributed by atoms with van der Waals surface area (Å²) >= 11 is 0. The van der Waals surface area contributed by atoms with Crippen LogP contribution in [0.4, 0.5) is 14.4 Å². The number of ether oxygens (including phenoxy) is 7. The van der Waals surface area contributed by atoms with Gasteiger partial charge in [0.2, 0.25) is 0 Å². The van der Waals surface area contributed by atoms with Gasteiger partial charge >= 0.3 is 24.4 Å². The van der Waals surface area contributed by atoms with Crippen molar-refractivity contribution in [2.24, 2.45) is 17.6 Å². The number of esters is 1. The van der Waals surface area contributed by atoms with Crippen molar-refractivity contribution in [2.45, 2.75) is 66.0 Å². The molecular weight excluding hydrogens is 562 g/mol. The quantitative estimate of drug-likeness (QED) is 0.148. The molecule has 43 heavy (non-hydrogen) atoms. The predicted octanol–water partition coefficient (Wildman–Crippen LogP) is 5.83. The van der Waals surface area contributed by atoms with Crippen LogP contribution >= 0.6 is 0 Å². The Morgan fingerprint density at radius 2 is 1.28 bits per heavy atom. The van der Waals surface area contributed by atoms with E-state index in [1.54, 1.807) is 36.4 Å². The zero-order valence-corrected chi connectivity index (χ0v) is 25.2. The predicted molar refractivity (Wildman–Crippen MR) is 155 cm³/mol. The molecule has 0 fully saturated rings. The summed E-state index contributed by atoms with van der Waals surface area (Å²) in [7, 11) is 0. The molecule has 12 nitrogen and oxygen atoms in total. The number of nitrogens with two attached hydrogens (primary N) is 1. The Balaban J connectivity index is 1.99. The average molecular weight is 604 g/mol. The summed E-state index contributed by atoms with van der Waals surface area (Å²) in [6.07, 6.45) is -2.09. The van der Waals surface area contributed by atoms with Crippen molar-refractivity contribution in [1.29, 1.82) is 0 Å². The van der Waals surface area contributed by atoms with Crippen LogP contribution in [0.25, 0.3) is 0 Å². The zero-order chi connectivity index (χ0) is 31.8. The van der Waals surface area contributed by atoms with Gasteiger partial charge in [-0.15, -0.1) is 0 Å². The van der Waals surface area contributed by atoms with Gasteiger partial charge in [-0.25, -0.2) is 14.4 Å². The minimum Gasteiger partial charge on any atom is -0.461 e. The van der Waals surface area contributed by atoms with E-state index < -0.39 is 36.6 Å². The molecule has 236 valence electrons. The molecule has 0 aromatic heterocycles. The molecule has 12 heteroatoms. The maximum atomic E-state index is 12.5. The van der Waals surface area contributed by atoms with Crippen LogP contribution in [0.15, 0.2) is 48.5 Å². The minimum atomic E-state index is -1.11. The van der Waals surface area contributed by atoms with Gasteiger partial charge in [0.25, 0.3) is 0 Å². The zero-order valence-electron chi connectivity index (χ0n) is 25.2. The molecule has 4 atom stereocenters. The Morgan fingerprint density at radius 3 is 1.86 bits per heavy atom. The number of hydrogen-bond donors (Lipinski definition) is 1. The topological polar surface area (TPSA) is 159 Å². The van der Waals surface area contributed by atoms with Crippen molar-refractivity contribution in [3.05, 3.63) is 54.1 Å². The number of carbonyl (C=O) groups is 4. The summed E-state index contributed by atoms with van der Waals surface area (Å²) in [6.45, 7) is 9.35. The lowest BCUT2D eigenvalue weighted by molar-refractivity contribution is -0.148. The molecule has 0 saturated carbocycles. The molecule has 0 amide bonds. The Bertz CT molecular complexity index is 1190. The maximum absolute atomic E-state index is 12.5. The highest BCUT2D eigenvalue weighted by molar-refractivity contribution is 5.76. The molecule has 0 aliphatic carbocycles. The maximum Gasteiger partial charge on any atom is 0.514 e. The van der Waals surface area contributed by atoms with E-state index in [2.05, 4.69) is 0 Å². The number of benzene rings is 2. The van der Waals surface area contributed by atoms with Crippen molar-refractivity contribution < 1.29 is 52.3 Å². The number of carbonyl (C=O) groups excluding carboxylic acids is 4. The van der Waals surface area contributed by atoms with Gasteiger partial charge in [-0.2, -0.15) is 0 Å². The lowest BCUT2D eigenvalue weighted by Gasteiger charge is -2.17. The van der Waals surface area contributed by atoms with Gasteiger partial charge in [0, 0.05) is 0 Å². The molecule has 0 aliphatic rings. The number of rotatable bonds is 15. The van der Waals surface area contributed by atoms with Gasteiger partial charge in [-0.1, -0.05) is 64.8 Å². The summed E-state index contributed by atoms with van der Waals surface area (Å²) in [4.78, 5) is 49.0. The molecule has 0 aliphatic heterocycles. The Labute approximate surface area is 251 Å². The first kappa shape index (κ1) is 34.9. The molecule has 0 radical (unpaired) electrons. The smallest absolute Gasteiger partial charge is 0.461 e. The Morgan fingerprint density at radius 1 is 0.698 bits per heavy atom. The third-order valence-electron chi connectivity index (χ3n) is 6.22. The van der Waals surface area contributed by atoms with Crippen LogP contribution in [-0.2, 0) is 30.2 Å². The van der Waals surface area contributed by atoms with Crippen molar-refractivity contribution in [1.82, 2.24) is 0 Å². The molecule has 2 aromatic rings. The van der Waals surface area contributed by atoms with Gasteiger partial charge in [0.05, 0.1) is 13.2 Å². The molecule has 0 heterocycles. The lowest BCUT2D eigenvalue weighted by Crippen LogP contribution is -2.36. The van der Waals surface area contributed by atoms with E-state index in [-0.39, 0.29) is 49.6 Å². The molecule has 2 aromatic carbocycles. The largest absolute Gasteiger partial charge is 0.514 e. The molecule has 0 spiro atoms. The minimum absolute atomic E-state index is 0.0128.